The Balaban J connectivity index is 1.53. The van der Waals surface area contributed by atoms with Crippen LogP contribution >= 0.6 is 0 Å². The van der Waals surface area contributed by atoms with Gasteiger partial charge in [-0.3, -0.25) is 0 Å². The van der Waals surface area contributed by atoms with E-state index >= 15 is 0 Å². The van der Waals surface area contributed by atoms with Crippen LogP contribution in [0.2, 0.25) is 0 Å². The number of pyridine rings is 1. The maximum atomic E-state index is 5.59. The maximum Gasteiger partial charge on any atom is 0.128 e. The number of piperidine rings is 1. The highest BCUT2D eigenvalue weighted by molar-refractivity contribution is 5.39. The topological polar surface area (TPSA) is 37.4 Å². The summed E-state index contributed by atoms with van der Waals surface area (Å²) in [5.41, 5.74) is 2.56. The molecule has 4 heteroatoms. The zero-order valence-electron chi connectivity index (χ0n) is 15.5. The fourth-order valence-corrected chi connectivity index (χ4v) is 3.37. The monoisotopic (exact) mass is 339 g/mol. The summed E-state index contributed by atoms with van der Waals surface area (Å²) in [6.07, 6.45) is 4.15. The molecule has 25 heavy (non-hydrogen) atoms. The SMILES string of the molecule is COc1cc(C(C)C)ccc1CNC1CCN(c2ccccn2)CC1. The Kier molecular flexibility index (Phi) is 5.92. The maximum absolute atomic E-state index is 5.59. The third-order valence-electron chi connectivity index (χ3n) is 5.03. The Morgan fingerprint density at radius 2 is 2.00 bits per heavy atom. The fourth-order valence-electron chi connectivity index (χ4n) is 3.37. The smallest absolute Gasteiger partial charge is 0.128 e. The molecule has 1 N–H and O–H groups in total. The number of hydrogen-bond acceptors (Lipinski definition) is 4. The first-order chi connectivity index (χ1) is 12.2. The molecule has 1 saturated heterocycles. The fraction of sp³-hybridized carbons (Fsp3) is 0.476. The highest BCUT2D eigenvalue weighted by Gasteiger charge is 2.20. The summed E-state index contributed by atoms with van der Waals surface area (Å²) in [6.45, 7) is 7.39. The number of aromatic nitrogens is 1. The molecule has 1 fully saturated rings. The third-order valence-corrected chi connectivity index (χ3v) is 5.03. The first-order valence-corrected chi connectivity index (χ1v) is 9.23. The zero-order valence-corrected chi connectivity index (χ0v) is 15.5. The molecule has 0 saturated carbocycles. The zero-order chi connectivity index (χ0) is 17.6. The van der Waals surface area contributed by atoms with E-state index in [2.05, 4.69) is 59.4 Å². The highest BCUT2D eigenvalue weighted by Crippen LogP contribution is 2.25. The molecule has 1 aromatic heterocycles. The second kappa shape index (κ2) is 8.34. The van der Waals surface area contributed by atoms with Crippen LogP contribution in [-0.4, -0.2) is 31.2 Å². The van der Waals surface area contributed by atoms with Gasteiger partial charge in [0.05, 0.1) is 7.11 Å². The Morgan fingerprint density at radius 3 is 2.64 bits per heavy atom. The van der Waals surface area contributed by atoms with Crippen LogP contribution in [0.3, 0.4) is 0 Å². The number of anilines is 1. The van der Waals surface area contributed by atoms with Gasteiger partial charge >= 0.3 is 0 Å². The Labute approximate surface area is 151 Å². The summed E-state index contributed by atoms with van der Waals surface area (Å²) in [6, 6.07) is 13.3. The predicted molar refractivity (Wildman–Crippen MR) is 103 cm³/mol. The van der Waals surface area contributed by atoms with Crippen LogP contribution < -0.4 is 15.0 Å². The molecule has 3 rings (SSSR count). The molecular weight excluding hydrogens is 310 g/mol. The van der Waals surface area contributed by atoms with Crippen LogP contribution in [0.5, 0.6) is 5.75 Å². The van der Waals surface area contributed by atoms with Gasteiger partial charge in [0.15, 0.2) is 0 Å². The minimum atomic E-state index is 0.520. The molecule has 0 amide bonds. The largest absolute Gasteiger partial charge is 0.496 e. The molecule has 134 valence electrons. The van der Waals surface area contributed by atoms with Crippen molar-refractivity contribution in [1.29, 1.82) is 0 Å². The molecule has 0 spiro atoms. The van der Waals surface area contributed by atoms with E-state index in [1.165, 1.54) is 11.1 Å². The average Bonchev–Trinajstić information content (AvgIpc) is 2.67. The quantitative estimate of drug-likeness (QED) is 0.864. The first-order valence-electron chi connectivity index (χ1n) is 9.23. The normalized spacial score (nSPS) is 15.6. The number of nitrogens with zero attached hydrogens (tertiary/aromatic N) is 2. The van der Waals surface area contributed by atoms with E-state index in [1.807, 2.05) is 12.3 Å². The van der Waals surface area contributed by atoms with E-state index in [4.69, 9.17) is 4.74 Å². The minimum absolute atomic E-state index is 0.520. The van der Waals surface area contributed by atoms with Crippen molar-refractivity contribution in [1.82, 2.24) is 10.3 Å². The Bertz CT molecular complexity index is 664. The molecule has 1 aromatic carbocycles. The lowest BCUT2D eigenvalue weighted by Gasteiger charge is -2.33. The van der Waals surface area contributed by atoms with Crippen molar-refractivity contribution in [3.05, 3.63) is 53.7 Å². The van der Waals surface area contributed by atoms with Crippen molar-refractivity contribution in [2.45, 2.75) is 45.2 Å². The van der Waals surface area contributed by atoms with Gasteiger partial charge in [-0.25, -0.2) is 4.98 Å². The summed E-state index contributed by atoms with van der Waals surface area (Å²) in [5.74, 6) is 2.60. The molecule has 0 radical (unpaired) electrons. The van der Waals surface area contributed by atoms with Gasteiger partial charge in [0, 0.05) is 37.4 Å². The van der Waals surface area contributed by atoms with Gasteiger partial charge in [-0.1, -0.05) is 32.0 Å². The van der Waals surface area contributed by atoms with Gasteiger partial charge in [-0.15, -0.1) is 0 Å². The van der Waals surface area contributed by atoms with Crippen LogP contribution in [0, 0.1) is 0 Å². The van der Waals surface area contributed by atoms with Gasteiger partial charge in [0.25, 0.3) is 0 Å². The Hall–Kier alpha value is -2.07. The van der Waals surface area contributed by atoms with Crippen molar-refractivity contribution in [2.24, 2.45) is 0 Å². The van der Waals surface area contributed by atoms with Gasteiger partial charge in [-0.2, -0.15) is 0 Å². The number of nitrogens with one attached hydrogen (secondary N) is 1. The summed E-state index contributed by atoms with van der Waals surface area (Å²) in [5, 5.41) is 3.71. The number of ether oxygens (including phenoxy) is 1. The van der Waals surface area contributed by atoms with E-state index in [-0.39, 0.29) is 0 Å². The minimum Gasteiger partial charge on any atom is -0.496 e. The molecule has 0 atom stereocenters. The van der Waals surface area contributed by atoms with Crippen molar-refractivity contribution < 1.29 is 4.74 Å². The molecule has 2 aromatic rings. The van der Waals surface area contributed by atoms with E-state index < -0.39 is 0 Å². The molecule has 0 bridgehead atoms. The van der Waals surface area contributed by atoms with Crippen molar-refractivity contribution in [3.63, 3.8) is 0 Å². The van der Waals surface area contributed by atoms with Crippen molar-refractivity contribution >= 4 is 5.82 Å². The third kappa shape index (κ3) is 4.51. The molecular formula is C21H29N3O. The van der Waals surface area contributed by atoms with E-state index in [1.54, 1.807) is 7.11 Å². The summed E-state index contributed by atoms with van der Waals surface area (Å²) < 4.78 is 5.59. The van der Waals surface area contributed by atoms with Gasteiger partial charge < -0.3 is 15.0 Å². The molecule has 2 heterocycles. The second-order valence-corrected chi connectivity index (χ2v) is 7.06. The van der Waals surface area contributed by atoms with E-state index in [0.717, 1.165) is 44.0 Å². The van der Waals surface area contributed by atoms with Gasteiger partial charge in [0.1, 0.15) is 11.6 Å². The molecule has 1 aliphatic rings. The van der Waals surface area contributed by atoms with Crippen LogP contribution in [-0.2, 0) is 6.54 Å². The lowest BCUT2D eigenvalue weighted by Crippen LogP contribution is -2.42. The predicted octanol–water partition coefficient (Wildman–Crippen LogP) is 3.97. The second-order valence-electron chi connectivity index (χ2n) is 7.06. The van der Waals surface area contributed by atoms with Gasteiger partial charge in [0.2, 0.25) is 0 Å². The molecule has 0 aliphatic carbocycles. The first kappa shape index (κ1) is 17.7. The van der Waals surface area contributed by atoms with E-state index in [0.29, 0.717) is 12.0 Å². The number of rotatable bonds is 6. The summed E-state index contributed by atoms with van der Waals surface area (Å²) in [7, 11) is 1.76. The lowest BCUT2D eigenvalue weighted by atomic mass is 10.00. The summed E-state index contributed by atoms with van der Waals surface area (Å²) >= 11 is 0. The number of benzene rings is 1. The Morgan fingerprint density at radius 1 is 1.20 bits per heavy atom. The van der Waals surface area contributed by atoms with Crippen LogP contribution in [0.25, 0.3) is 0 Å². The standard InChI is InChI=1S/C21H29N3O/c1-16(2)17-7-8-18(20(14-17)25-3)15-23-19-9-12-24(13-10-19)21-6-4-5-11-22-21/h4-8,11,14,16,19,23H,9-10,12-13,15H2,1-3H3. The van der Waals surface area contributed by atoms with Crippen LogP contribution in [0.4, 0.5) is 5.82 Å². The summed E-state index contributed by atoms with van der Waals surface area (Å²) in [4.78, 5) is 6.83. The van der Waals surface area contributed by atoms with Crippen molar-refractivity contribution in [2.75, 3.05) is 25.1 Å². The average molecular weight is 339 g/mol. The van der Waals surface area contributed by atoms with E-state index in [9.17, 15) is 0 Å². The van der Waals surface area contributed by atoms with Gasteiger partial charge in [-0.05, 0) is 42.5 Å². The van der Waals surface area contributed by atoms with Crippen LogP contribution in [0.1, 0.15) is 43.7 Å². The lowest BCUT2D eigenvalue weighted by molar-refractivity contribution is 0.390. The van der Waals surface area contributed by atoms with Crippen molar-refractivity contribution in [3.8, 4) is 5.75 Å². The van der Waals surface area contributed by atoms with Crippen LogP contribution in [0.15, 0.2) is 42.6 Å². The molecule has 4 nitrogen and oxygen atoms in total. The molecule has 0 unspecified atom stereocenters. The number of methoxy groups -OCH3 is 1. The molecule has 1 aliphatic heterocycles. The highest BCUT2D eigenvalue weighted by atomic mass is 16.5. The number of hydrogen-bond donors (Lipinski definition) is 1.